The van der Waals surface area contributed by atoms with Crippen molar-refractivity contribution in [2.75, 3.05) is 0 Å². The Morgan fingerprint density at radius 3 is 2.28 bits per heavy atom. The van der Waals surface area contributed by atoms with Gasteiger partial charge >= 0.3 is 0 Å². The minimum atomic E-state index is 0.356. The number of nitrogens with zero attached hydrogens (tertiary/aromatic N) is 1. The van der Waals surface area contributed by atoms with Crippen LogP contribution in [0.2, 0.25) is 0 Å². The highest BCUT2D eigenvalue weighted by Crippen LogP contribution is 2.38. The predicted molar refractivity (Wildman–Crippen MR) is 78.2 cm³/mol. The summed E-state index contributed by atoms with van der Waals surface area (Å²) in [5, 5.41) is 9.54. The second-order valence-corrected chi connectivity index (χ2v) is 6.10. The third-order valence-corrected chi connectivity index (χ3v) is 4.65. The average Bonchev–Trinajstić information content (AvgIpc) is 2.89. The van der Waals surface area contributed by atoms with Gasteiger partial charge in [-0.3, -0.25) is 0 Å². The van der Waals surface area contributed by atoms with Crippen LogP contribution in [0.5, 0.6) is 0 Å². The zero-order valence-electron chi connectivity index (χ0n) is 12.5. The molecule has 0 aromatic heterocycles. The van der Waals surface area contributed by atoms with Crippen LogP contribution in [0.4, 0.5) is 0 Å². The van der Waals surface area contributed by atoms with Crippen LogP contribution in [0.3, 0.4) is 0 Å². The lowest BCUT2D eigenvalue weighted by Gasteiger charge is -2.26. The van der Waals surface area contributed by atoms with Gasteiger partial charge in [-0.25, -0.2) is 0 Å². The van der Waals surface area contributed by atoms with Gasteiger partial charge in [0.1, 0.15) is 0 Å². The molecule has 1 aliphatic rings. The van der Waals surface area contributed by atoms with E-state index < -0.39 is 0 Å². The lowest BCUT2D eigenvalue weighted by Crippen LogP contribution is -2.20. The molecule has 0 radical (unpaired) electrons. The van der Waals surface area contributed by atoms with Crippen molar-refractivity contribution in [2.24, 2.45) is 17.8 Å². The maximum atomic E-state index is 9.54. The van der Waals surface area contributed by atoms with Crippen molar-refractivity contribution in [1.29, 1.82) is 5.26 Å². The molecular weight excluding hydrogens is 218 g/mol. The summed E-state index contributed by atoms with van der Waals surface area (Å²) in [5.74, 6) is 1.76. The molecule has 0 N–H and O–H groups in total. The van der Waals surface area contributed by atoms with Crippen molar-refractivity contribution >= 4 is 0 Å². The van der Waals surface area contributed by atoms with E-state index in [4.69, 9.17) is 0 Å². The molecule has 1 aliphatic carbocycles. The van der Waals surface area contributed by atoms with Gasteiger partial charge in [0.15, 0.2) is 0 Å². The van der Waals surface area contributed by atoms with Crippen molar-refractivity contribution < 1.29 is 0 Å². The fourth-order valence-electron chi connectivity index (χ4n) is 3.62. The predicted octanol–water partition coefficient (Wildman–Crippen LogP) is 5.70. The van der Waals surface area contributed by atoms with Crippen LogP contribution in [-0.4, -0.2) is 0 Å². The van der Waals surface area contributed by atoms with Crippen molar-refractivity contribution in [3.8, 4) is 6.07 Å². The molecule has 0 aromatic carbocycles. The summed E-state index contributed by atoms with van der Waals surface area (Å²) < 4.78 is 0. The normalized spacial score (nSPS) is 19.6. The maximum absolute atomic E-state index is 9.54. The second-order valence-electron chi connectivity index (χ2n) is 6.10. The number of hydrogen-bond acceptors (Lipinski definition) is 1. The maximum Gasteiger partial charge on any atom is 0.0661 e. The molecule has 0 saturated heterocycles. The van der Waals surface area contributed by atoms with E-state index in [9.17, 15) is 5.26 Å². The van der Waals surface area contributed by atoms with E-state index in [0.717, 1.165) is 5.92 Å². The van der Waals surface area contributed by atoms with E-state index in [0.29, 0.717) is 11.8 Å². The summed E-state index contributed by atoms with van der Waals surface area (Å²) >= 11 is 0. The Labute approximate surface area is 114 Å². The first kappa shape index (κ1) is 15.5. The van der Waals surface area contributed by atoms with Crippen molar-refractivity contribution in [1.82, 2.24) is 0 Å². The molecule has 1 heteroatoms. The largest absolute Gasteiger partial charge is 0.198 e. The highest BCUT2D eigenvalue weighted by molar-refractivity contribution is 4.94. The number of hydrogen-bond donors (Lipinski definition) is 0. The molecule has 0 amide bonds. The quantitative estimate of drug-likeness (QED) is 0.481. The molecule has 1 nitrogen and oxygen atoms in total. The number of unbranched alkanes of at least 4 members (excludes halogenated alkanes) is 3. The molecule has 1 saturated carbocycles. The Balaban J connectivity index is 2.43. The fraction of sp³-hybridized carbons (Fsp3) is 0.941. The lowest BCUT2D eigenvalue weighted by atomic mass is 9.77. The van der Waals surface area contributed by atoms with Gasteiger partial charge in [-0.2, -0.15) is 5.26 Å². The van der Waals surface area contributed by atoms with Crippen LogP contribution in [0.1, 0.15) is 84.5 Å². The van der Waals surface area contributed by atoms with E-state index in [1.165, 1.54) is 70.6 Å². The van der Waals surface area contributed by atoms with E-state index in [1.54, 1.807) is 0 Å². The smallest absolute Gasteiger partial charge is 0.0661 e. The Kier molecular flexibility index (Phi) is 8.14. The molecule has 0 aromatic rings. The van der Waals surface area contributed by atoms with Crippen molar-refractivity contribution in [3.05, 3.63) is 0 Å². The van der Waals surface area contributed by atoms with E-state index in [-0.39, 0.29) is 0 Å². The fourth-order valence-corrected chi connectivity index (χ4v) is 3.62. The lowest BCUT2D eigenvalue weighted by molar-refractivity contribution is 0.254. The monoisotopic (exact) mass is 249 g/mol. The standard InChI is InChI=1S/C17H31N/c1-3-5-6-7-11-15(10-4-2)17(14-18)16-12-8-9-13-16/h15-17H,3-13H2,1-2H3. The van der Waals surface area contributed by atoms with Gasteiger partial charge in [-0.05, 0) is 37.5 Å². The molecule has 0 bridgehead atoms. The third-order valence-electron chi connectivity index (χ3n) is 4.65. The van der Waals surface area contributed by atoms with Crippen LogP contribution < -0.4 is 0 Å². The molecule has 2 atom stereocenters. The molecule has 1 fully saturated rings. The third kappa shape index (κ3) is 5.01. The van der Waals surface area contributed by atoms with Crippen LogP contribution in [0, 0.1) is 29.1 Å². The number of rotatable bonds is 9. The summed E-state index contributed by atoms with van der Waals surface area (Å²) in [6.07, 6.45) is 14.5. The SMILES string of the molecule is CCCCCCC(CCC)C(C#N)C1CCCC1. The van der Waals surface area contributed by atoms with Gasteiger partial charge in [0.05, 0.1) is 12.0 Å². The Bertz CT molecular complexity index is 234. The molecule has 18 heavy (non-hydrogen) atoms. The Morgan fingerprint density at radius 2 is 1.72 bits per heavy atom. The molecule has 0 aliphatic heterocycles. The molecule has 1 rings (SSSR count). The van der Waals surface area contributed by atoms with Gasteiger partial charge in [-0.15, -0.1) is 0 Å². The van der Waals surface area contributed by atoms with Crippen LogP contribution in [0.15, 0.2) is 0 Å². The van der Waals surface area contributed by atoms with Gasteiger partial charge in [0.25, 0.3) is 0 Å². The molecule has 0 spiro atoms. The average molecular weight is 249 g/mol. The van der Waals surface area contributed by atoms with Gasteiger partial charge in [0.2, 0.25) is 0 Å². The van der Waals surface area contributed by atoms with Gasteiger partial charge in [-0.1, -0.05) is 58.8 Å². The highest BCUT2D eigenvalue weighted by atomic mass is 14.4. The first-order valence-corrected chi connectivity index (χ1v) is 8.23. The minimum Gasteiger partial charge on any atom is -0.198 e. The zero-order chi connectivity index (χ0) is 13.2. The van der Waals surface area contributed by atoms with Gasteiger partial charge < -0.3 is 0 Å². The summed E-state index contributed by atoms with van der Waals surface area (Å²) in [7, 11) is 0. The Morgan fingerprint density at radius 1 is 1.00 bits per heavy atom. The van der Waals surface area contributed by atoms with Crippen molar-refractivity contribution in [2.45, 2.75) is 84.5 Å². The number of nitriles is 1. The molecule has 0 heterocycles. The van der Waals surface area contributed by atoms with E-state index in [1.807, 2.05) is 0 Å². The second kappa shape index (κ2) is 9.42. The summed E-state index contributed by atoms with van der Waals surface area (Å²) in [6.45, 7) is 4.53. The topological polar surface area (TPSA) is 23.8 Å². The van der Waals surface area contributed by atoms with Crippen LogP contribution >= 0.6 is 0 Å². The summed E-state index contributed by atoms with van der Waals surface area (Å²) in [4.78, 5) is 0. The summed E-state index contributed by atoms with van der Waals surface area (Å²) in [6, 6.07) is 2.67. The molecule has 2 unspecified atom stereocenters. The van der Waals surface area contributed by atoms with Crippen LogP contribution in [-0.2, 0) is 0 Å². The minimum absolute atomic E-state index is 0.356. The zero-order valence-corrected chi connectivity index (χ0v) is 12.5. The highest BCUT2D eigenvalue weighted by Gasteiger charge is 2.30. The van der Waals surface area contributed by atoms with E-state index in [2.05, 4.69) is 19.9 Å². The van der Waals surface area contributed by atoms with Gasteiger partial charge in [0, 0.05) is 0 Å². The van der Waals surface area contributed by atoms with Crippen molar-refractivity contribution in [3.63, 3.8) is 0 Å². The Hall–Kier alpha value is -0.510. The summed E-state index contributed by atoms with van der Waals surface area (Å²) in [5.41, 5.74) is 0. The first-order valence-electron chi connectivity index (χ1n) is 8.23. The van der Waals surface area contributed by atoms with Crippen LogP contribution in [0.25, 0.3) is 0 Å². The van der Waals surface area contributed by atoms with E-state index >= 15 is 0 Å². The molecular formula is C17H31N. The molecule has 104 valence electrons. The first-order chi connectivity index (χ1) is 8.83.